The second-order valence-corrected chi connectivity index (χ2v) is 16.5. The van der Waals surface area contributed by atoms with E-state index >= 15 is 0 Å². The van der Waals surface area contributed by atoms with Crippen LogP contribution in [0.3, 0.4) is 0 Å². The molecule has 4 heteroatoms. The van der Waals surface area contributed by atoms with Gasteiger partial charge in [0.05, 0.1) is 21.8 Å². The second kappa shape index (κ2) is 12.9. The minimum absolute atomic E-state index is 0.0141. The Morgan fingerprint density at radius 1 is 0.450 bits per heavy atom. The van der Waals surface area contributed by atoms with Gasteiger partial charge in [-0.2, -0.15) is 0 Å². The first kappa shape index (κ1) is 34.4. The number of para-hydroxylation sites is 2. The largest absolute Gasteiger partial charge is 0.456 e. The Balaban J connectivity index is 1.08. The molecule has 0 saturated heterocycles. The van der Waals surface area contributed by atoms with Crippen LogP contribution in [0.25, 0.3) is 82.5 Å². The van der Waals surface area contributed by atoms with Crippen molar-refractivity contribution in [3.63, 3.8) is 0 Å². The van der Waals surface area contributed by atoms with Crippen LogP contribution in [-0.2, 0) is 5.41 Å². The number of nitrogens with zero attached hydrogens (tertiary/aromatic N) is 2. The van der Waals surface area contributed by atoms with Gasteiger partial charge in [0, 0.05) is 38.9 Å². The first-order valence-electron chi connectivity index (χ1n) is 20.5. The maximum absolute atomic E-state index is 13.4. The molecule has 1 aliphatic carbocycles. The van der Waals surface area contributed by atoms with Gasteiger partial charge in [-0.3, -0.25) is 4.79 Å². The van der Waals surface area contributed by atoms with Gasteiger partial charge in [0.1, 0.15) is 11.2 Å². The van der Waals surface area contributed by atoms with E-state index in [0.717, 1.165) is 55.7 Å². The van der Waals surface area contributed by atoms with E-state index in [0.29, 0.717) is 21.9 Å². The number of aromatic nitrogens is 1. The molecular formula is C56H38N2O2. The van der Waals surface area contributed by atoms with Crippen molar-refractivity contribution in [2.75, 3.05) is 4.90 Å². The van der Waals surface area contributed by atoms with Crippen LogP contribution in [0.5, 0.6) is 0 Å². The molecule has 1 aliphatic rings. The molecule has 9 aromatic carbocycles. The van der Waals surface area contributed by atoms with E-state index < -0.39 is 0 Å². The summed E-state index contributed by atoms with van der Waals surface area (Å²) in [5.74, 6) is 0. The van der Waals surface area contributed by atoms with E-state index in [1.54, 1.807) is 0 Å². The molecule has 11 aromatic rings. The highest BCUT2D eigenvalue weighted by Crippen LogP contribution is 2.51. The Kier molecular flexibility index (Phi) is 7.39. The molecular weight excluding hydrogens is 733 g/mol. The minimum Gasteiger partial charge on any atom is -0.456 e. The lowest BCUT2D eigenvalue weighted by molar-refractivity contribution is 0.660. The number of anilines is 3. The number of benzene rings is 9. The lowest BCUT2D eigenvalue weighted by Gasteiger charge is -2.28. The van der Waals surface area contributed by atoms with Crippen molar-refractivity contribution in [3.8, 4) is 27.9 Å². The van der Waals surface area contributed by atoms with E-state index in [1.165, 1.54) is 33.0 Å². The monoisotopic (exact) mass is 770 g/mol. The van der Waals surface area contributed by atoms with Gasteiger partial charge in [0.15, 0.2) is 0 Å². The molecule has 284 valence electrons. The third kappa shape index (κ3) is 5.14. The standard InChI is InChI=1S/C56H38N2O2/c1-56(2)49-18-10-8-16-43(49)44-27-24-42(34-50(44)56)57(40-23-20-35-12-6-7-13-36(35)30-40)41-25-29-52-48(33-41)47-31-37(22-28-51(47)58(52)39-14-4-3-5-15-39)38-21-26-46-54(32-38)60-53-19-11-9-17-45(53)55(46)59/h3-34H,1-2H3. The highest BCUT2D eigenvalue weighted by Gasteiger charge is 2.35. The van der Waals surface area contributed by atoms with Crippen molar-refractivity contribution < 1.29 is 4.42 Å². The van der Waals surface area contributed by atoms with E-state index in [4.69, 9.17) is 4.42 Å². The topological polar surface area (TPSA) is 38.4 Å². The Morgan fingerprint density at radius 2 is 1.07 bits per heavy atom. The van der Waals surface area contributed by atoms with Gasteiger partial charge in [-0.25, -0.2) is 0 Å². The number of fused-ring (bicyclic) bond motifs is 9. The molecule has 0 N–H and O–H groups in total. The third-order valence-electron chi connectivity index (χ3n) is 12.7. The molecule has 0 bridgehead atoms. The summed E-state index contributed by atoms with van der Waals surface area (Å²) >= 11 is 0. The zero-order chi connectivity index (χ0) is 40.1. The third-order valence-corrected chi connectivity index (χ3v) is 12.7. The minimum atomic E-state index is -0.140. The highest BCUT2D eigenvalue weighted by molar-refractivity contribution is 6.12. The summed E-state index contributed by atoms with van der Waals surface area (Å²) in [5.41, 5.74) is 15.0. The molecule has 60 heavy (non-hydrogen) atoms. The fourth-order valence-electron chi connectivity index (χ4n) is 9.76. The van der Waals surface area contributed by atoms with E-state index in [-0.39, 0.29) is 10.8 Å². The van der Waals surface area contributed by atoms with E-state index in [9.17, 15) is 4.79 Å². The molecule has 4 nitrogen and oxygen atoms in total. The van der Waals surface area contributed by atoms with Crippen LogP contribution >= 0.6 is 0 Å². The zero-order valence-corrected chi connectivity index (χ0v) is 33.2. The van der Waals surface area contributed by atoms with Crippen LogP contribution in [0.2, 0.25) is 0 Å². The quantitative estimate of drug-likeness (QED) is 0.164. The summed E-state index contributed by atoms with van der Waals surface area (Å²) in [6, 6.07) is 68.7. The van der Waals surface area contributed by atoms with Gasteiger partial charge < -0.3 is 13.9 Å². The summed E-state index contributed by atoms with van der Waals surface area (Å²) in [6.07, 6.45) is 0. The molecule has 2 aromatic heterocycles. The van der Waals surface area contributed by atoms with Gasteiger partial charge >= 0.3 is 0 Å². The number of hydrogen-bond acceptors (Lipinski definition) is 3. The molecule has 0 fully saturated rings. The van der Waals surface area contributed by atoms with Crippen LogP contribution in [0, 0.1) is 0 Å². The molecule has 0 aliphatic heterocycles. The van der Waals surface area contributed by atoms with Gasteiger partial charge in [0.2, 0.25) is 5.43 Å². The lowest BCUT2D eigenvalue weighted by Crippen LogP contribution is -2.16. The lowest BCUT2D eigenvalue weighted by atomic mass is 9.82. The predicted octanol–water partition coefficient (Wildman–Crippen LogP) is 14.6. The number of hydrogen-bond donors (Lipinski definition) is 0. The van der Waals surface area contributed by atoms with Crippen molar-refractivity contribution in [3.05, 3.63) is 215 Å². The smallest absolute Gasteiger partial charge is 0.200 e. The Bertz CT molecular complexity index is 3610. The first-order valence-corrected chi connectivity index (χ1v) is 20.5. The Morgan fingerprint density at radius 3 is 1.95 bits per heavy atom. The molecule has 0 unspecified atom stereocenters. The van der Waals surface area contributed by atoms with Crippen molar-refractivity contribution in [1.29, 1.82) is 0 Å². The average Bonchev–Trinajstić information content (AvgIpc) is 3.74. The molecule has 12 rings (SSSR count). The number of rotatable bonds is 5. The molecule has 0 saturated carbocycles. The molecule has 0 amide bonds. The van der Waals surface area contributed by atoms with Crippen LogP contribution in [0.15, 0.2) is 203 Å². The first-order chi connectivity index (χ1) is 29.4. The van der Waals surface area contributed by atoms with Crippen LogP contribution in [-0.4, -0.2) is 4.57 Å². The molecule has 0 spiro atoms. The van der Waals surface area contributed by atoms with Gasteiger partial charge in [-0.15, -0.1) is 0 Å². The van der Waals surface area contributed by atoms with Gasteiger partial charge in [0.25, 0.3) is 0 Å². The summed E-state index contributed by atoms with van der Waals surface area (Å²) in [5, 5.41) is 5.86. The molecule has 2 heterocycles. The van der Waals surface area contributed by atoms with E-state index in [1.807, 2.05) is 42.5 Å². The Hall–Kier alpha value is -7.69. The highest BCUT2D eigenvalue weighted by atomic mass is 16.3. The van der Waals surface area contributed by atoms with Crippen molar-refractivity contribution in [2.24, 2.45) is 0 Å². The fourth-order valence-corrected chi connectivity index (χ4v) is 9.76. The Labute approximate surface area is 346 Å². The van der Waals surface area contributed by atoms with Crippen LogP contribution in [0.1, 0.15) is 25.0 Å². The summed E-state index contributed by atoms with van der Waals surface area (Å²) < 4.78 is 8.67. The predicted molar refractivity (Wildman–Crippen MR) is 250 cm³/mol. The SMILES string of the molecule is CC1(C)c2ccccc2-c2ccc(N(c3ccc4ccccc4c3)c3ccc4c(c3)c3cc(-c5ccc6c(=O)c7ccccc7oc6c5)ccc3n4-c3ccccc3)cc21. The zero-order valence-electron chi connectivity index (χ0n) is 33.2. The second-order valence-electron chi connectivity index (χ2n) is 16.5. The summed E-state index contributed by atoms with van der Waals surface area (Å²) in [4.78, 5) is 15.8. The van der Waals surface area contributed by atoms with Gasteiger partial charge in [-0.05, 0) is 135 Å². The molecule has 0 atom stereocenters. The maximum Gasteiger partial charge on any atom is 0.200 e. The molecule has 0 radical (unpaired) electrons. The fraction of sp³-hybridized carbons (Fsp3) is 0.0536. The maximum atomic E-state index is 13.4. The van der Waals surface area contributed by atoms with Crippen molar-refractivity contribution in [1.82, 2.24) is 4.57 Å². The normalized spacial score (nSPS) is 13.0. The van der Waals surface area contributed by atoms with Crippen LogP contribution in [0.4, 0.5) is 17.1 Å². The summed E-state index contributed by atoms with van der Waals surface area (Å²) in [6.45, 7) is 4.69. The van der Waals surface area contributed by atoms with E-state index in [2.05, 4.69) is 175 Å². The van der Waals surface area contributed by atoms with Crippen molar-refractivity contribution >= 4 is 71.6 Å². The van der Waals surface area contributed by atoms with Crippen LogP contribution < -0.4 is 10.3 Å². The summed E-state index contributed by atoms with van der Waals surface area (Å²) in [7, 11) is 0. The van der Waals surface area contributed by atoms with Gasteiger partial charge in [-0.1, -0.05) is 117 Å². The van der Waals surface area contributed by atoms with Crippen molar-refractivity contribution in [2.45, 2.75) is 19.3 Å². The average molecular weight is 771 g/mol.